The summed E-state index contributed by atoms with van der Waals surface area (Å²) in [6.07, 6.45) is 1.76. The molecule has 1 saturated heterocycles. The Kier molecular flexibility index (Phi) is 6.35. The number of anilines is 1. The van der Waals surface area contributed by atoms with Gasteiger partial charge >= 0.3 is 5.97 Å². The second kappa shape index (κ2) is 9.17. The van der Waals surface area contributed by atoms with Crippen LogP contribution < -0.4 is 5.32 Å². The van der Waals surface area contributed by atoms with Gasteiger partial charge in [0, 0.05) is 59.0 Å². The highest BCUT2D eigenvalue weighted by atomic mass is 79.9. The number of aromatic nitrogens is 1. The van der Waals surface area contributed by atoms with Crippen LogP contribution in [0.3, 0.4) is 0 Å². The van der Waals surface area contributed by atoms with Crippen LogP contribution in [-0.4, -0.2) is 64.5 Å². The summed E-state index contributed by atoms with van der Waals surface area (Å²) in [5, 5.41) is 13.5. The van der Waals surface area contributed by atoms with Crippen LogP contribution in [0, 0.1) is 5.82 Å². The fourth-order valence-corrected chi connectivity index (χ4v) is 4.34. The Bertz CT molecular complexity index is 1110. The second-order valence-corrected chi connectivity index (χ2v) is 8.46. The van der Waals surface area contributed by atoms with Crippen LogP contribution in [0.25, 0.3) is 10.9 Å². The van der Waals surface area contributed by atoms with E-state index in [1.165, 1.54) is 12.1 Å². The van der Waals surface area contributed by atoms with Crippen molar-refractivity contribution in [2.75, 3.05) is 38.0 Å². The smallest absolute Gasteiger partial charge is 0.325 e. The minimum atomic E-state index is -0.904. The van der Waals surface area contributed by atoms with Gasteiger partial charge in [-0.05, 0) is 36.4 Å². The highest BCUT2D eigenvalue weighted by Crippen LogP contribution is 2.31. The number of aromatic amines is 1. The molecule has 1 unspecified atom stereocenters. The topological polar surface area (TPSA) is 88.7 Å². The SMILES string of the molecule is O=C(CN1CCN(C(C(=O)O)c2c[nH]c3ccc(Br)cc23)CC1)Nc1cccc(F)c1. The summed E-state index contributed by atoms with van der Waals surface area (Å²) < 4.78 is 14.2. The summed E-state index contributed by atoms with van der Waals surface area (Å²) in [7, 11) is 0. The van der Waals surface area contributed by atoms with Crippen molar-refractivity contribution in [3.63, 3.8) is 0 Å². The lowest BCUT2D eigenvalue weighted by atomic mass is 10.0. The Morgan fingerprint density at radius 1 is 1.16 bits per heavy atom. The minimum Gasteiger partial charge on any atom is -0.480 e. The molecule has 3 N–H and O–H groups in total. The van der Waals surface area contributed by atoms with E-state index in [2.05, 4.69) is 26.2 Å². The lowest BCUT2D eigenvalue weighted by molar-refractivity contribution is -0.144. The maximum absolute atomic E-state index is 13.3. The van der Waals surface area contributed by atoms with E-state index in [1.54, 1.807) is 18.3 Å². The average molecular weight is 489 g/mol. The average Bonchev–Trinajstić information content (AvgIpc) is 3.12. The van der Waals surface area contributed by atoms with Crippen molar-refractivity contribution < 1.29 is 19.1 Å². The molecular formula is C22H22BrFN4O3. The molecule has 7 nitrogen and oxygen atoms in total. The monoisotopic (exact) mass is 488 g/mol. The van der Waals surface area contributed by atoms with Gasteiger partial charge in [-0.25, -0.2) is 4.39 Å². The molecule has 0 saturated carbocycles. The number of hydrogen-bond donors (Lipinski definition) is 3. The van der Waals surface area contributed by atoms with E-state index >= 15 is 0 Å². The van der Waals surface area contributed by atoms with Gasteiger partial charge in [0.15, 0.2) is 0 Å². The molecule has 4 rings (SSSR count). The van der Waals surface area contributed by atoms with Crippen molar-refractivity contribution >= 4 is 44.4 Å². The van der Waals surface area contributed by atoms with E-state index < -0.39 is 17.8 Å². The van der Waals surface area contributed by atoms with Crippen molar-refractivity contribution in [2.45, 2.75) is 6.04 Å². The molecule has 1 aliphatic rings. The highest BCUT2D eigenvalue weighted by molar-refractivity contribution is 9.10. The third-order valence-electron chi connectivity index (χ3n) is 5.45. The zero-order chi connectivity index (χ0) is 22.0. The van der Waals surface area contributed by atoms with Gasteiger partial charge in [-0.2, -0.15) is 0 Å². The molecule has 1 fully saturated rings. The molecule has 0 bridgehead atoms. The van der Waals surface area contributed by atoms with E-state index in [-0.39, 0.29) is 12.5 Å². The molecule has 0 radical (unpaired) electrons. The third-order valence-corrected chi connectivity index (χ3v) is 5.95. The van der Waals surface area contributed by atoms with Gasteiger partial charge < -0.3 is 15.4 Å². The summed E-state index contributed by atoms with van der Waals surface area (Å²) in [6, 6.07) is 10.7. The molecular weight excluding hydrogens is 467 g/mol. The largest absolute Gasteiger partial charge is 0.480 e. The van der Waals surface area contributed by atoms with Crippen LogP contribution in [-0.2, 0) is 9.59 Å². The van der Waals surface area contributed by atoms with E-state index in [9.17, 15) is 19.1 Å². The van der Waals surface area contributed by atoms with E-state index in [1.807, 2.05) is 28.0 Å². The Morgan fingerprint density at radius 2 is 1.94 bits per heavy atom. The van der Waals surface area contributed by atoms with Crippen LogP contribution in [0.4, 0.5) is 10.1 Å². The van der Waals surface area contributed by atoms with Crippen LogP contribution in [0.1, 0.15) is 11.6 Å². The second-order valence-electron chi connectivity index (χ2n) is 7.55. The molecule has 1 aliphatic heterocycles. The van der Waals surface area contributed by atoms with Gasteiger partial charge in [-0.3, -0.25) is 19.4 Å². The Morgan fingerprint density at radius 3 is 2.65 bits per heavy atom. The first-order valence-corrected chi connectivity index (χ1v) is 10.7. The minimum absolute atomic E-state index is 0.169. The molecule has 9 heteroatoms. The molecule has 1 aromatic heterocycles. The van der Waals surface area contributed by atoms with Gasteiger partial charge in [0.2, 0.25) is 5.91 Å². The van der Waals surface area contributed by atoms with Crippen LogP contribution in [0.15, 0.2) is 53.1 Å². The van der Waals surface area contributed by atoms with Crippen molar-refractivity contribution in [1.29, 1.82) is 0 Å². The summed E-state index contributed by atoms with van der Waals surface area (Å²) in [6.45, 7) is 2.33. The number of piperazine rings is 1. The van der Waals surface area contributed by atoms with E-state index in [0.29, 0.717) is 31.9 Å². The van der Waals surface area contributed by atoms with Crippen molar-refractivity contribution in [3.8, 4) is 0 Å². The fraction of sp³-hybridized carbons (Fsp3) is 0.273. The first kappa shape index (κ1) is 21.5. The predicted molar refractivity (Wildman–Crippen MR) is 119 cm³/mol. The summed E-state index contributed by atoms with van der Waals surface area (Å²) >= 11 is 3.45. The predicted octanol–water partition coefficient (Wildman–Crippen LogP) is 3.45. The number of aliphatic carboxylic acids is 1. The number of carbonyl (C=O) groups excluding carboxylic acids is 1. The number of amides is 1. The molecule has 2 heterocycles. The maximum atomic E-state index is 13.3. The van der Waals surface area contributed by atoms with Crippen molar-refractivity contribution in [1.82, 2.24) is 14.8 Å². The summed E-state index contributed by atoms with van der Waals surface area (Å²) in [5.41, 5.74) is 2.03. The molecule has 0 spiro atoms. The first-order chi connectivity index (χ1) is 14.9. The van der Waals surface area contributed by atoms with Crippen molar-refractivity contribution in [2.24, 2.45) is 0 Å². The molecule has 1 amide bonds. The van der Waals surface area contributed by atoms with Gasteiger partial charge in [0.05, 0.1) is 6.54 Å². The molecule has 31 heavy (non-hydrogen) atoms. The summed E-state index contributed by atoms with van der Waals surface area (Å²) in [4.78, 5) is 31.5. The molecule has 162 valence electrons. The number of nitrogens with one attached hydrogen (secondary N) is 2. The number of halogens is 2. The quantitative estimate of drug-likeness (QED) is 0.494. The Hall–Kier alpha value is -2.75. The van der Waals surface area contributed by atoms with Gasteiger partial charge in [0.1, 0.15) is 11.9 Å². The first-order valence-electron chi connectivity index (χ1n) is 9.92. The van der Waals surface area contributed by atoms with Crippen molar-refractivity contribution in [3.05, 3.63) is 64.5 Å². The van der Waals surface area contributed by atoms with Gasteiger partial charge in [-0.15, -0.1) is 0 Å². The summed E-state index contributed by atoms with van der Waals surface area (Å²) in [5.74, 6) is -1.54. The number of fused-ring (bicyclic) bond motifs is 1. The number of carboxylic acid groups (broad SMARTS) is 1. The van der Waals surface area contributed by atoms with Crippen LogP contribution >= 0.6 is 15.9 Å². The van der Waals surface area contributed by atoms with Gasteiger partial charge in [-0.1, -0.05) is 22.0 Å². The standard InChI is InChI=1S/C22H22BrFN4O3/c23-14-4-5-19-17(10-14)18(12-25-19)21(22(30)31)28-8-6-27(7-9-28)13-20(29)26-16-3-1-2-15(24)11-16/h1-5,10-12,21,25H,6-9,13H2,(H,26,29)(H,30,31). The van der Waals surface area contributed by atoms with Gasteiger partial charge in [0.25, 0.3) is 0 Å². The lowest BCUT2D eigenvalue weighted by Gasteiger charge is -2.37. The normalized spacial score (nSPS) is 16.3. The molecule has 1 atom stereocenters. The molecule has 0 aliphatic carbocycles. The number of H-pyrrole nitrogens is 1. The lowest BCUT2D eigenvalue weighted by Crippen LogP contribution is -2.50. The highest BCUT2D eigenvalue weighted by Gasteiger charge is 2.32. The van der Waals surface area contributed by atoms with Crippen LogP contribution in [0.5, 0.6) is 0 Å². The third kappa shape index (κ3) is 4.95. The number of hydrogen-bond acceptors (Lipinski definition) is 4. The zero-order valence-corrected chi connectivity index (χ0v) is 18.2. The Labute approximate surface area is 187 Å². The molecule has 2 aromatic carbocycles. The number of nitrogens with zero attached hydrogens (tertiary/aromatic N) is 2. The number of benzene rings is 2. The van der Waals surface area contributed by atoms with E-state index in [0.717, 1.165) is 20.9 Å². The van der Waals surface area contributed by atoms with Crippen LogP contribution in [0.2, 0.25) is 0 Å². The zero-order valence-electron chi connectivity index (χ0n) is 16.6. The number of carboxylic acids is 1. The number of rotatable bonds is 6. The Balaban J connectivity index is 1.40. The fourth-order valence-electron chi connectivity index (χ4n) is 3.98. The number of carbonyl (C=O) groups is 2. The maximum Gasteiger partial charge on any atom is 0.325 e. The molecule has 3 aromatic rings. The van der Waals surface area contributed by atoms with E-state index in [4.69, 9.17) is 0 Å².